The maximum Gasteiger partial charge on any atom is 0.501 e. The van der Waals surface area contributed by atoms with Crippen LogP contribution in [0, 0.1) is 0 Å². The fourth-order valence-electron chi connectivity index (χ4n) is 2.28. The second-order valence-corrected chi connectivity index (χ2v) is 9.00. The van der Waals surface area contributed by atoms with Gasteiger partial charge in [-0.2, -0.15) is 0 Å². The van der Waals surface area contributed by atoms with Gasteiger partial charge in [-0.3, -0.25) is 0 Å². The molecule has 0 saturated heterocycles. The van der Waals surface area contributed by atoms with E-state index in [9.17, 15) is 0 Å². The Hall–Kier alpha value is 0.447. The summed E-state index contributed by atoms with van der Waals surface area (Å²) in [6.45, 7) is 2.26. The molecule has 0 atom stereocenters. The normalized spacial score (nSPS) is 12.0. The first kappa shape index (κ1) is 20.4. The first-order chi connectivity index (χ1) is 9.74. The topological polar surface area (TPSA) is 27.7 Å². The lowest BCUT2D eigenvalue weighted by atomic mass is 10.1. The lowest BCUT2D eigenvalue weighted by Crippen LogP contribution is -2.43. The summed E-state index contributed by atoms with van der Waals surface area (Å²) in [5.41, 5.74) is 0. The van der Waals surface area contributed by atoms with E-state index in [1.165, 1.54) is 51.4 Å². The molecular weight excluding hydrogens is 288 g/mol. The molecule has 0 saturated carbocycles. The minimum absolute atomic E-state index is 0.658. The zero-order valence-corrected chi connectivity index (χ0v) is 15.7. The highest BCUT2D eigenvalue weighted by molar-refractivity contribution is 7.98. The molecule has 0 rings (SSSR count). The van der Waals surface area contributed by atoms with Gasteiger partial charge in [0.2, 0.25) is 0 Å². The van der Waals surface area contributed by atoms with Crippen LogP contribution in [0.25, 0.3) is 0 Å². The fraction of sp³-hybridized carbons (Fsp3) is 1.00. The van der Waals surface area contributed by atoms with Crippen molar-refractivity contribution in [2.75, 3.05) is 26.4 Å². The molecule has 0 aliphatic carbocycles. The Morgan fingerprint density at radius 1 is 0.800 bits per heavy atom. The molecular formula is C15H34O3SSi. The van der Waals surface area contributed by atoms with Crippen molar-refractivity contribution in [2.45, 2.75) is 70.8 Å². The SMILES string of the molecule is CCCCCCCCCCC[Si](OC)(OC)OCSC. The van der Waals surface area contributed by atoms with Gasteiger partial charge in [-0.25, -0.2) is 0 Å². The van der Waals surface area contributed by atoms with E-state index in [1.807, 2.05) is 6.26 Å². The zero-order chi connectivity index (χ0) is 15.1. The maximum atomic E-state index is 5.81. The first-order valence-corrected chi connectivity index (χ1v) is 11.3. The van der Waals surface area contributed by atoms with Crippen LogP contribution in [0.2, 0.25) is 6.04 Å². The van der Waals surface area contributed by atoms with Crippen molar-refractivity contribution in [2.24, 2.45) is 0 Å². The van der Waals surface area contributed by atoms with Crippen LogP contribution in [0.4, 0.5) is 0 Å². The maximum absolute atomic E-state index is 5.81. The van der Waals surface area contributed by atoms with E-state index in [0.717, 1.165) is 12.5 Å². The molecule has 0 aromatic heterocycles. The predicted molar refractivity (Wildman–Crippen MR) is 91.3 cm³/mol. The highest BCUT2D eigenvalue weighted by Crippen LogP contribution is 2.20. The van der Waals surface area contributed by atoms with Crippen LogP contribution < -0.4 is 0 Å². The molecule has 0 bridgehead atoms. The predicted octanol–water partition coefficient (Wildman–Crippen LogP) is 5.09. The molecule has 0 radical (unpaired) electrons. The van der Waals surface area contributed by atoms with E-state index in [-0.39, 0.29) is 0 Å². The zero-order valence-electron chi connectivity index (χ0n) is 13.9. The van der Waals surface area contributed by atoms with Crippen LogP contribution in [-0.2, 0) is 13.3 Å². The van der Waals surface area contributed by atoms with Crippen LogP contribution in [0.15, 0.2) is 0 Å². The molecule has 0 unspecified atom stereocenters. The van der Waals surface area contributed by atoms with Gasteiger partial charge in [0.05, 0.1) is 5.94 Å². The average Bonchev–Trinajstić information content (AvgIpc) is 2.49. The molecule has 3 nitrogen and oxygen atoms in total. The molecule has 0 aliphatic rings. The molecule has 0 fully saturated rings. The molecule has 0 spiro atoms. The largest absolute Gasteiger partial charge is 0.501 e. The van der Waals surface area contributed by atoms with E-state index < -0.39 is 8.80 Å². The summed E-state index contributed by atoms with van der Waals surface area (Å²) >= 11 is 1.67. The minimum atomic E-state index is -2.37. The Morgan fingerprint density at radius 2 is 1.30 bits per heavy atom. The quantitative estimate of drug-likeness (QED) is 0.238. The van der Waals surface area contributed by atoms with E-state index in [4.69, 9.17) is 13.3 Å². The van der Waals surface area contributed by atoms with Crippen LogP contribution in [0.3, 0.4) is 0 Å². The highest BCUT2D eigenvalue weighted by atomic mass is 32.2. The van der Waals surface area contributed by atoms with Gasteiger partial charge in [0.25, 0.3) is 0 Å². The van der Waals surface area contributed by atoms with Crippen LogP contribution in [0.5, 0.6) is 0 Å². The summed E-state index contributed by atoms with van der Waals surface area (Å²) in [5, 5.41) is 0. The molecule has 0 aromatic carbocycles. The van der Waals surface area contributed by atoms with Crippen molar-refractivity contribution < 1.29 is 13.3 Å². The van der Waals surface area contributed by atoms with E-state index >= 15 is 0 Å². The highest BCUT2D eigenvalue weighted by Gasteiger charge is 2.38. The Balaban J connectivity index is 3.58. The molecule has 0 heterocycles. The van der Waals surface area contributed by atoms with Gasteiger partial charge in [0.15, 0.2) is 0 Å². The monoisotopic (exact) mass is 322 g/mol. The van der Waals surface area contributed by atoms with Crippen molar-refractivity contribution in [3.05, 3.63) is 0 Å². The van der Waals surface area contributed by atoms with Crippen molar-refractivity contribution in [3.8, 4) is 0 Å². The average molecular weight is 323 g/mol. The molecule has 5 heteroatoms. The molecule has 0 aliphatic heterocycles. The lowest BCUT2D eigenvalue weighted by Gasteiger charge is -2.25. The summed E-state index contributed by atoms with van der Waals surface area (Å²) < 4.78 is 16.9. The van der Waals surface area contributed by atoms with Gasteiger partial charge in [-0.1, -0.05) is 58.3 Å². The van der Waals surface area contributed by atoms with Gasteiger partial charge in [0, 0.05) is 20.3 Å². The van der Waals surface area contributed by atoms with Crippen molar-refractivity contribution >= 4 is 20.6 Å². The number of unbranched alkanes of at least 4 members (excludes halogenated alkanes) is 8. The Bertz CT molecular complexity index is 202. The van der Waals surface area contributed by atoms with Crippen molar-refractivity contribution in [1.29, 1.82) is 0 Å². The second-order valence-electron chi connectivity index (χ2n) is 5.22. The first-order valence-electron chi connectivity index (χ1n) is 7.98. The second kappa shape index (κ2) is 14.4. The summed E-state index contributed by atoms with van der Waals surface area (Å²) in [6.07, 6.45) is 14.1. The minimum Gasteiger partial charge on any atom is -0.377 e. The summed E-state index contributed by atoms with van der Waals surface area (Å²) in [6, 6.07) is 0.941. The summed E-state index contributed by atoms with van der Waals surface area (Å²) in [5.74, 6) is 0.658. The van der Waals surface area contributed by atoms with Gasteiger partial charge in [-0.15, -0.1) is 11.8 Å². The third-order valence-corrected chi connectivity index (χ3v) is 6.96. The molecule has 0 amide bonds. The Morgan fingerprint density at radius 3 is 1.75 bits per heavy atom. The van der Waals surface area contributed by atoms with Gasteiger partial charge in [0.1, 0.15) is 0 Å². The molecule has 122 valence electrons. The van der Waals surface area contributed by atoms with E-state index in [1.54, 1.807) is 26.0 Å². The smallest absolute Gasteiger partial charge is 0.377 e. The molecule has 20 heavy (non-hydrogen) atoms. The van der Waals surface area contributed by atoms with Gasteiger partial charge < -0.3 is 13.3 Å². The third-order valence-electron chi connectivity index (χ3n) is 3.61. The summed E-state index contributed by atoms with van der Waals surface area (Å²) in [4.78, 5) is 0. The van der Waals surface area contributed by atoms with Crippen LogP contribution >= 0.6 is 11.8 Å². The Kier molecular flexibility index (Phi) is 14.7. The van der Waals surface area contributed by atoms with Crippen molar-refractivity contribution in [3.63, 3.8) is 0 Å². The molecule has 0 aromatic rings. The lowest BCUT2D eigenvalue weighted by molar-refractivity contribution is 0.117. The van der Waals surface area contributed by atoms with Crippen LogP contribution in [0.1, 0.15) is 64.7 Å². The van der Waals surface area contributed by atoms with Crippen molar-refractivity contribution in [1.82, 2.24) is 0 Å². The van der Waals surface area contributed by atoms with Crippen LogP contribution in [-0.4, -0.2) is 35.2 Å². The fourth-order valence-corrected chi connectivity index (χ4v) is 5.11. The summed E-state index contributed by atoms with van der Waals surface area (Å²) in [7, 11) is 1.05. The van der Waals surface area contributed by atoms with E-state index in [2.05, 4.69) is 6.92 Å². The molecule has 0 N–H and O–H groups in total. The number of rotatable bonds is 15. The Labute approximate surface area is 131 Å². The van der Waals surface area contributed by atoms with E-state index in [0.29, 0.717) is 5.94 Å². The van der Waals surface area contributed by atoms with Gasteiger partial charge >= 0.3 is 8.80 Å². The third kappa shape index (κ3) is 10.2. The number of thioether (sulfide) groups is 1. The number of hydrogen-bond donors (Lipinski definition) is 0. The van der Waals surface area contributed by atoms with Gasteiger partial charge in [-0.05, 0) is 12.7 Å². The number of hydrogen-bond acceptors (Lipinski definition) is 4. The standard InChI is InChI=1S/C15H34O3SSi/c1-5-6-7-8-9-10-11-12-13-14-20(16-2,17-3)18-15-19-4/h5-15H2,1-4H3.